The molecule has 1 N–H and O–H groups in total. The molecule has 10 heteroatoms. The van der Waals surface area contributed by atoms with Crippen LogP contribution in [0.25, 0.3) is 0 Å². The SMILES string of the molecule is COC(=O)[C@@H]1C[C@@H]1C(=O)N1CC(C(=O)Nc2ccc(C)nc2OC(F)F)(c2ccccc2C(C)C)C1. The Morgan fingerprint density at radius 1 is 1.11 bits per heavy atom. The molecular weight excluding hydrogens is 472 g/mol. The Morgan fingerprint density at radius 2 is 1.81 bits per heavy atom. The summed E-state index contributed by atoms with van der Waals surface area (Å²) in [6.07, 6.45) is 0.424. The van der Waals surface area contributed by atoms with Gasteiger partial charge in [0.2, 0.25) is 17.7 Å². The quantitative estimate of drug-likeness (QED) is 0.555. The van der Waals surface area contributed by atoms with Crippen molar-refractivity contribution in [3.63, 3.8) is 0 Å². The fourth-order valence-corrected chi connectivity index (χ4v) is 4.79. The highest BCUT2D eigenvalue weighted by Gasteiger charge is 2.58. The van der Waals surface area contributed by atoms with Crippen LogP contribution in [0, 0.1) is 18.8 Å². The van der Waals surface area contributed by atoms with Crippen LogP contribution in [-0.4, -0.2) is 54.5 Å². The highest BCUT2D eigenvalue weighted by molar-refractivity contribution is 6.03. The van der Waals surface area contributed by atoms with Crippen LogP contribution in [0.15, 0.2) is 36.4 Å². The van der Waals surface area contributed by atoms with Crippen LogP contribution in [0.1, 0.15) is 43.0 Å². The second-order valence-corrected chi connectivity index (χ2v) is 9.63. The number of hydrogen-bond acceptors (Lipinski definition) is 6. The van der Waals surface area contributed by atoms with Crippen LogP contribution in [0.5, 0.6) is 5.88 Å². The first-order valence-corrected chi connectivity index (χ1v) is 11.8. The molecule has 2 atom stereocenters. The Labute approximate surface area is 208 Å². The zero-order valence-electron chi connectivity index (χ0n) is 20.6. The number of nitrogens with zero attached hydrogens (tertiary/aromatic N) is 2. The molecule has 0 spiro atoms. The second kappa shape index (κ2) is 9.83. The number of methoxy groups -OCH3 is 1. The number of halogens is 2. The lowest BCUT2D eigenvalue weighted by Gasteiger charge is -2.50. The number of esters is 1. The average Bonchev–Trinajstić information content (AvgIpc) is 3.60. The smallest absolute Gasteiger partial charge is 0.388 e. The van der Waals surface area contributed by atoms with Gasteiger partial charge in [-0.3, -0.25) is 14.4 Å². The van der Waals surface area contributed by atoms with Crippen molar-refractivity contribution in [2.24, 2.45) is 11.8 Å². The van der Waals surface area contributed by atoms with Gasteiger partial charge in [-0.05, 0) is 42.5 Å². The van der Waals surface area contributed by atoms with Crippen LogP contribution >= 0.6 is 0 Å². The van der Waals surface area contributed by atoms with Gasteiger partial charge in [0.25, 0.3) is 0 Å². The number of aromatic nitrogens is 1. The molecule has 192 valence electrons. The van der Waals surface area contributed by atoms with E-state index in [9.17, 15) is 23.2 Å². The Morgan fingerprint density at radius 3 is 2.44 bits per heavy atom. The number of anilines is 1. The number of ether oxygens (including phenoxy) is 2. The Bertz CT molecular complexity index is 1180. The number of carbonyl (C=O) groups is 3. The molecule has 2 aromatic rings. The molecule has 2 fully saturated rings. The number of aryl methyl sites for hydroxylation is 1. The van der Waals surface area contributed by atoms with Crippen molar-refractivity contribution >= 4 is 23.5 Å². The topological polar surface area (TPSA) is 97.8 Å². The van der Waals surface area contributed by atoms with Gasteiger partial charge in [-0.2, -0.15) is 8.78 Å². The Balaban J connectivity index is 1.63. The maximum Gasteiger partial charge on any atom is 0.388 e. The standard InChI is InChI=1S/C26H29F2N3O5/c1-14(2)16-7-5-6-8-19(16)26(12-31(13-26)22(32)17-11-18(17)23(33)35-4)24(34)30-20-10-9-15(3)29-21(20)36-25(27)28/h5-10,14,17-18,25H,11-13H2,1-4H3,(H,30,34)/t17-,18+/m0/s1. The number of alkyl halides is 2. The zero-order chi connectivity index (χ0) is 26.2. The molecule has 1 aromatic carbocycles. The van der Waals surface area contributed by atoms with Crippen LogP contribution in [0.2, 0.25) is 0 Å². The fourth-order valence-electron chi connectivity index (χ4n) is 4.79. The highest BCUT2D eigenvalue weighted by atomic mass is 19.3. The summed E-state index contributed by atoms with van der Waals surface area (Å²) in [7, 11) is 1.29. The first-order valence-electron chi connectivity index (χ1n) is 11.8. The molecule has 2 aliphatic rings. The summed E-state index contributed by atoms with van der Waals surface area (Å²) in [5.74, 6) is -2.26. The van der Waals surface area contributed by atoms with Crippen LogP contribution in [-0.2, 0) is 24.5 Å². The lowest BCUT2D eigenvalue weighted by atomic mass is 9.69. The summed E-state index contributed by atoms with van der Waals surface area (Å²) in [5, 5.41) is 2.72. The van der Waals surface area contributed by atoms with Crippen molar-refractivity contribution in [2.45, 2.75) is 45.1 Å². The van der Waals surface area contributed by atoms with E-state index in [1.54, 1.807) is 17.9 Å². The lowest BCUT2D eigenvalue weighted by molar-refractivity contribution is -0.149. The third kappa shape index (κ3) is 4.76. The minimum absolute atomic E-state index is 0.0185. The number of likely N-dealkylation sites (tertiary alicyclic amines) is 1. The van der Waals surface area contributed by atoms with E-state index >= 15 is 0 Å². The number of rotatable bonds is 8. The third-order valence-corrected chi connectivity index (χ3v) is 6.83. The van der Waals surface area contributed by atoms with E-state index in [0.717, 1.165) is 11.1 Å². The van der Waals surface area contributed by atoms with Crippen molar-refractivity contribution in [3.05, 3.63) is 53.2 Å². The summed E-state index contributed by atoms with van der Waals surface area (Å²) < 4.78 is 35.2. The van der Waals surface area contributed by atoms with Crippen LogP contribution < -0.4 is 10.1 Å². The van der Waals surface area contributed by atoms with Crippen molar-refractivity contribution in [2.75, 3.05) is 25.5 Å². The minimum atomic E-state index is -3.11. The Hall–Kier alpha value is -3.56. The molecule has 1 saturated carbocycles. The largest absolute Gasteiger partial charge is 0.469 e. The van der Waals surface area contributed by atoms with Gasteiger partial charge in [0.15, 0.2) is 0 Å². The van der Waals surface area contributed by atoms with Gasteiger partial charge >= 0.3 is 12.6 Å². The van der Waals surface area contributed by atoms with E-state index in [2.05, 4.69) is 15.0 Å². The van der Waals surface area contributed by atoms with E-state index in [-0.39, 0.29) is 36.5 Å². The maximum absolute atomic E-state index is 13.8. The summed E-state index contributed by atoms with van der Waals surface area (Å²) in [5.41, 5.74) is 1.07. The first-order chi connectivity index (χ1) is 17.1. The number of pyridine rings is 1. The first kappa shape index (κ1) is 25.5. The van der Waals surface area contributed by atoms with Crippen LogP contribution in [0.3, 0.4) is 0 Å². The predicted octanol–water partition coefficient (Wildman–Crippen LogP) is 3.64. The molecule has 1 aromatic heterocycles. The van der Waals surface area contributed by atoms with Gasteiger partial charge in [0.1, 0.15) is 11.1 Å². The van der Waals surface area contributed by atoms with E-state index < -0.39 is 35.7 Å². The molecule has 1 aliphatic carbocycles. The molecule has 0 bridgehead atoms. The molecule has 1 saturated heterocycles. The monoisotopic (exact) mass is 501 g/mol. The van der Waals surface area contributed by atoms with E-state index in [0.29, 0.717) is 12.1 Å². The van der Waals surface area contributed by atoms with Gasteiger partial charge in [0.05, 0.1) is 18.9 Å². The number of hydrogen-bond donors (Lipinski definition) is 1. The molecule has 36 heavy (non-hydrogen) atoms. The molecule has 0 radical (unpaired) electrons. The van der Waals surface area contributed by atoms with Crippen LogP contribution in [0.4, 0.5) is 14.5 Å². The molecule has 2 amide bonds. The number of carbonyl (C=O) groups excluding carboxylic acids is 3. The van der Waals surface area contributed by atoms with Crippen molar-refractivity contribution < 1.29 is 32.6 Å². The lowest BCUT2D eigenvalue weighted by Crippen LogP contribution is -2.67. The summed E-state index contributed by atoms with van der Waals surface area (Å²) >= 11 is 0. The molecule has 4 rings (SSSR count). The minimum Gasteiger partial charge on any atom is -0.469 e. The van der Waals surface area contributed by atoms with Gasteiger partial charge in [-0.25, -0.2) is 4.98 Å². The van der Waals surface area contributed by atoms with Crippen molar-refractivity contribution in [3.8, 4) is 5.88 Å². The second-order valence-electron chi connectivity index (χ2n) is 9.63. The summed E-state index contributed by atoms with van der Waals surface area (Å²) in [6, 6.07) is 10.6. The fraction of sp³-hybridized carbons (Fsp3) is 0.462. The highest BCUT2D eigenvalue weighted by Crippen LogP contribution is 2.46. The van der Waals surface area contributed by atoms with Gasteiger partial charge in [-0.1, -0.05) is 38.1 Å². The normalized spacial score (nSPS) is 20.1. The van der Waals surface area contributed by atoms with E-state index in [4.69, 9.17) is 4.74 Å². The molecular formula is C26H29F2N3O5. The maximum atomic E-state index is 13.8. The number of benzene rings is 1. The molecule has 2 heterocycles. The van der Waals surface area contributed by atoms with Gasteiger partial charge in [-0.15, -0.1) is 0 Å². The van der Waals surface area contributed by atoms with Crippen molar-refractivity contribution in [1.29, 1.82) is 0 Å². The Kier molecular flexibility index (Phi) is 6.97. The molecule has 1 aliphatic heterocycles. The average molecular weight is 502 g/mol. The van der Waals surface area contributed by atoms with E-state index in [1.165, 1.54) is 13.2 Å². The van der Waals surface area contributed by atoms with Gasteiger partial charge in [0, 0.05) is 18.8 Å². The molecule has 0 unspecified atom stereocenters. The summed E-state index contributed by atoms with van der Waals surface area (Å²) in [4.78, 5) is 44.2. The number of amides is 2. The summed E-state index contributed by atoms with van der Waals surface area (Å²) in [6.45, 7) is 2.72. The predicted molar refractivity (Wildman–Crippen MR) is 127 cm³/mol. The third-order valence-electron chi connectivity index (χ3n) is 6.83. The van der Waals surface area contributed by atoms with E-state index in [1.807, 2.05) is 38.1 Å². The zero-order valence-corrected chi connectivity index (χ0v) is 20.6. The number of nitrogens with one attached hydrogen (secondary N) is 1. The van der Waals surface area contributed by atoms with Gasteiger partial charge < -0.3 is 19.7 Å². The molecule has 8 nitrogen and oxygen atoms in total. The van der Waals surface area contributed by atoms with Crippen molar-refractivity contribution in [1.82, 2.24) is 9.88 Å².